The quantitative estimate of drug-likeness (QED) is 0.499. The molecule has 2 unspecified atom stereocenters. The van der Waals surface area contributed by atoms with Gasteiger partial charge < -0.3 is 0 Å². The lowest BCUT2D eigenvalue weighted by molar-refractivity contribution is 0.110. The minimum absolute atomic E-state index is 0.113. The maximum absolute atomic E-state index is 10.2. The first-order valence-corrected chi connectivity index (χ1v) is 2.92. The van der Waals surface area contributed by atoms with Crippen molar-refractivity contribution in [2.45, 2.75) is 25.8 Å². The second-order valence-electron chi connectivity index (χ2n) is 1.74. The number of rotatable bonds is 2. The Balaban J connectivity index is 3.14. The molecule has 0 aliphatic carbocycles. The smallest absolute Gasteiger partial charge is 0.168 e. The molecule has 2 heteroatoms. The minimum Gasteiger partial charge on any atom is -0.215 e. The molecule has 0 aliphatic rings. The van der Waals surface area contributed by atoms with Gasteiger partial charge in [-0.3, -0.25) is 0 Å². The van der Waals surface area contributed by atoms with Crippen LogP contribution in [0.2, 0.25) is 0 Å². The molecule has 1 nitrogen and oxygen atoms in total. The van der Waals surface area contributed by atoms with Gasteiger partial charge in [-0.05, 0) is 12.3 Å². The van der Waals surface area contributed by atoms with E-state index in [4.69, 9.17) is 11.6 Å². The highest BCUT2D eigenvalue weighted by molar-refractivity contribution is 6.19. The van der Waals surface area contributed by atoms with Crippen molar-refractivity contribution in [3.05, 3.63) is 0 Å². The third-order valence-corrected chi connectivity index (χ3v) is 1.52. The average molecular weight is 122 g/mol. The lowest BCUT2D eigenvalue weighted by Gasteiger charge is -2.04. The third-order valence-electron chi connectivity index (χ3n) is 1.09. The van der Waals surface area contributed by atoms with Crippen molar-refractivity contribution in [1.29, 1.82) is 0 Å². The number of alkyl halides is 1. The first kappa shape index (κ1) is 7.25. The van der Waals surface area contributed by atoms with Crippen LogP contribution in [0.5, 0.6) is 0 Å². The van der Waals surface area contributed by atoms with Crippen LogP contribution in [-0.4, -0.2) is 5.56 Å². The summed E-state index contributed by atoms with van der Waals surface area (Å²) >= 11 is 5.17. The van der Waals surface area contributed by atoms with Gasteiger partial charge in [0.05, 0.1) is 0 Å². The van der Waals surface area contributed by atoms with Crippen LogP contribution < -0.4 is 0 Å². The molecule has 7 heavy (non-hydrogen) atoms. The summed E-state index contributed by atoms with van der Waals surface area (Å²) in [5.41, 5.74) is -0.912. The Bertz CT molecular complexity index is 45.3. The van der Waals surface area contributed by atoms with Gasteiger partial charge in [-0.1, -0.05) is 25.4 Å². The lowest BCUT2D eigenvalue weighted by Crippen LogP contribution is -2.06. The number of hydrogen-bond donors (Lipinski definition) is 0. The van der Waals surface area contributed by atoms with E-state index in [2.05, 4.69) is 0 Å². The van der Waals surface area contributed by atoms with Crippen molar-refractivity contribution in [3.8, 4) is 0 Å². The van der Waals surface area contributed by atoms with Crippen LogP contribution in [0.15, 0.2) is 0 Å². The molecule has 0 bridgehead atoms. The fourth-order valence-electron chi connectivity index (χ4n) is 0.185. The molecule has 1 radical (unpaired) electrons. The summed E-state index contributed by atoms with van der Waals surface area (Å²) in [6.45, 7) is 3.81. The molecule has 0 heterocycles. The van der Waals surface area contributed by atoms with E-state index in [9.17, 15) is 5.11 Å². The van der Waals surface area contributed by atoms with E-state index in [1.54, 1.807) is 0 Å². The van der Waals surface area contributed by atoms with Gasteiger partial charge in [-0.25, -0.2) is 5.11 Å². The molecule has 0 saturated heterocycles. The van der Waals surface area contributed by atoms with Crippen molar-refractivity contribution in [1.82, 2.24) is 0 Å². The first-order valence-electron chi connectivity index (χ1n) is 2.48. The van der Waals surface area contributed by atoms with Crippen molar-refractivity contribution in [2.75, 3.05) is 0 Å². The van der Waals surface area contributed by atoms with E-state index in [0.29, 0.717) is 0 Å². The van der Waals surface area contributed by atoms with Crippen LogP contribution in [0.25, 0.3) is 0 Å². The van der Waals surface area contributed by atoms with E-state index in [0.717, 1.165) is 6.42 Å². The highest BCUT2D eigenvalue weighted by Crippen LogP contribution is 2.10. The van der Waals surface area contributed by atoms with E-state index < -0.39 is 5.56 Å². The summed E-state index contributed by atoms with van der Waals surface area (Å²) in [6.07, 6.45) is 0.873. The fraction of sp³-hybridized carbons (Fsp3) is 1.00. The topological polar surface area (TPSA) is 19.9 Å². The number of hydrogen-bond acceptors (Lipinski definition) is 0. The summed E-state index contributed by atoms with van der Waals surface area (Å²) in [5, 5.41) is 10.2. The van der Waals surface area contributed by atoms with E-state index >= 15 is 0 Å². The summed E-state index contributed by atoms with van der Waals surface area (Å²) in [6, 6.07) is 0. The van der Waals surface area contributed by atoms with Crippen molar-refractivity contribution >= 4 is 11.6 Å². The largest absolute Gasteiger partial charge is 0.215 e. The fourth-order valence-corrected chi connectivity index (χ4v) is 0.363. The predicted molar refractivity (Wildman–Crippen MR) is 29.8 cm³/mol. The molecule has 43 valence electrons. The van der Waals surface area contributed by atoms with E-state index in [1.165, 1.54) is 0 Å². The Morgan fingerprint density at radius 2 is 2.14 bits per heavy atom. The molecule has 0 aliphatic heterocycles. The molecular weight excluding hydrogens is 112 g/mol. The van der Waals surface area contributed by atoms with Gasteiger partial charge in [-0.2, -0.15) is 0 Å². The van der Waals surface area contributed by atoms with Gasteiger partial charge in [0.2, 0.25) is 0 Å². The highest BCUT2D eigenvalue weighted by Gasteiger charge is 2.07. The lowest BCUT2D eigenvalue weighted by atomic mass is 10.1. The van der Waals surface area contributed by atoms with Gasteiger partial charge in [-0.15, -0.1) is 0 Å². The maximum atomic E-state index is 10.2. The molecule has 0 aromatic rings. The van der Waals surface area contributed by atoms with Crippen LogP contribution in [0.1, 0.15) is 20.3 Å². The zero-order valence-corrected chi connectivity index (χ0v) is 5.40. The summed E-state index contributed by atoms with van der Waals surface area (Å²) in [4.78, 5) is 0. The Hall–Kier alpha value is 0.250. The summed E-state index contributed by atoms with van der Waals surface area (Å²) in [7, 11) is 0. The van der Waals surface area contributed by atoms with Gasteiger partial charge in [0.25, 0.3) is 0 Å². The molecule has 0 N–H and O–H groups in total. The molecule has 0 rings (SSSR count). The standard InChI is InChI=1S/C5H10ClO/c1-3-4(2)5(6)7/h4-5H,3H2,1-2H3. The predicted octanol–water partition coefficient (Wildman–Crippen LogP) is 2.03. The molecule has 2 atom stereocenters. The van der Waals surface area contributed by atoms with Crippen molar-refractivity contribution in [2.24, 2.45) is 5.92 Å². The summed E-state index contributed by atoms with van der Waals surface area (Å²) < 4.78 is 0. The Kier molecular flexibility index (Phi) is 3.39. The second-order valence-corrected chi connectivity index (χ2v) is 2.17. The Morgan fingerprint density at radius 1 is 1.71 bits per heavy atom. The average Bonchev–Trinajstić information content (AvgIpc) is 1.65. The van der Waals surface area contributed by atoms with E-state index in [1.807, 2.05) is 13.8 Å². The second kappa shape index (κ2) is 3.28. The SMILES string of the molecule is CCC(C)C([O])Cl. The van der Waals surface area contributed by atoms with Gasteiger partial charge in [0, 0.05) is 0 Å². The van der Waals surface area contributed by atoms with Gasteiger partial charge in [0.15, 0.2) is 5.56 Å². The molecule has 0 aromatic carbocycles. The molecular formula is C5H10ClO. The van der Waals surface area contributed by atoms with Crippen LogP contribution in [0.4, 0.5) is 0 Å². The number of halogens is 1. The van der Waals surface area contributed by atoms with Crippen molar-refractivity contribution < 1.29 is 5.11 Å². The molecule has 0 saturated carbocycles. The molecule has 0 aromatic heterocycles. The van der Waals surface area contributed by atoms with Crippen LogP contribution in [-0.2, 0) is 5.11 Å². The monoisotopic (exact) mass is 121 g/mol. The molecule has 0 fully saturated rings. The Morgan fingerprint density at radius 3 is 2.14 bits per heavy atom. The minimum atomic E-state index is -0.912. The van der Waals surface area contributed by atoms with Crippen LogP contribution in [0.3, 0.4) is 0 Å². The van der Waals surface area contributed by atoms with Gasteiger partial charge in [0.1, 0.15) is 0 Å². The Labute approximate surface area is 49.3 Å². The van der Waals surface area contributed by atoms with Crippen molar-refractivity contribution in [3.63, 3.8) is 0 Å². The molecule has 0 spiro atoms. The normalized spacial score (nSPS) is 18.9. The highest BCUT2D eigenvalue weighted by atomic mass is 35.5. The summed E-state index contributed by atoms with van der Waals surface area (Å²) in [5.74, 6) is 0.113. The maximum Gasteiger partial charge on any atom is 0.168 e. The third kappa shape index (κ3) is 2.89. The first-order chi connectivity index (χ1) is 3.18. The molecule has 0 amide bonds. The zero-order chi connectivity index (χ0) is 5.86. The van der Waals surface area contributed by atoms with Crippen LogP contribution in [0, 0.1) is 5.92 Å². The van der Waals surface area contributed by atoms with Crippen LogP contribution >= 0.6 is 11.6 Å². The van der Waals surface area contributed by atoms with Gasteiger partial charge >= 0.3 is 0 Å². The van der Waals surface area contributed by atoms with E-state index in [-0.39, 0.29) is 5.92 Å². The zero-order valence-electron chi connectivity index (χ0n) is 4.65.